The molecule has 1 amide bonds. The molecule has 0 radical (unpaired) electrons. The molecule has 2 aromatic rings. The Bertz CT molecular complexity index is 1020. The van der Waals surface area contributed by atoms with Crippen LogP contribution >= 0.6 is 11.6 Å². The highest BCUT2D eigenvalue weighted by Crippen LogP contribution is 2.32. The Kier molecular flexibility index (Phi) is 6.91. The van der Waals surface area contributed by atoms with E-state index in [9.17, 15) is 4.79 Å². The molecule has 3 N–H and O–H groups in total. The molecule has 28 heavy (non-hydrogen) atoms. The van der Waals surface area contributed by atoms with Crippen LogP contribution in [0, 0.1) is 17.2 Å². The lowest BCUT2D eigenvalue weighted by molar-refractivity contribution is -0.117. The molecule has 0 aliphatic heterocycles. The van der Waals surface area contributed by atoms with Crippen molar-refractivity contribution in [3.63, 3.8) is 0 Å². The maximum absolute atomic E-state index is 11.9. The quantitative estimate of drug-likeness (QED) is 0.707. The first-order chi connectivity index (χ1) is 13.3. The number of nitrogen functional groups attached to an aromatic ring is 1. The summed E-state index contributed by atoms with van der Waals surface area (Å²) in [6.07, 6.45) is 5.03. The maximum atomic E-state index is 11.9. The molecule has 3 rings (SSSR count). The molecule has 0 unspecified atom stereocenters. The van der Waals surface area contributed by atoms with E-state index in [4.69, 9.17) is 22.6 Å². The molecule has 0 saturated heterocycles. The normalized spacial score (nSPS) is 13.5. The molecule has 6 nitrogen and oxygen atoms in total. The fourth-order valence-corrected chi connectivity index (χ4v) is 2.85. The minimum absolute atomic E-state index is 0.00586. The topological polar surface area (TPSA) is 105 Å². The first kappa shape index (κ1) is 21.1. The van der Waals surface area contributed by atoms with Crippen molar-refractivity contribution in [2.24, 2.45) is 5.92 Å². The second kappa shape index (κ2) is 9.16. The average Bonchev–Trinajstić information content (AvgIpc) is 3.47. The number of pyridine rings is 2. The van der Waals surface area contributed by atoms with Crippen LogP contribution in [0.15, 0.2) is 48.2 Å². The third-order valence-corrected chi connectivity index (χ3v) is 4.39. The van der Waals surface area contributed by atoms with Crippen molar-refractivity contribution in [1.82, 2.24) is 9.97 Å². The van der Waals surface area contributed by atoms with Crippen molar-refractivity contribution < 1.29 is 4.79 Å². The van der Waals surface area contributed by atoms with Crippen molar-refractivity contribution in [2.75, 3.05) is 11.1 Å². The first-order valence-corrected chi connectivity index (χ1v) is 9.06. The van der Waals surface area contributed by atoms with E-state index in [2.05, 4.69) is 28.4 Å². The first-order valence-electron chi connectivity index (χ1n) is 8.68. The standard InChI is InChI=1S/C19H19ClN4O.C2H3N/c1-4-14(20)17(10(2)3)15-7-12-8-16(24-19(25)11-5-6-11)22-9-13(12)18(21)23-15;1-2-3/h4,7-9,11H,1-2,5-6H2,3H3,(H2,21,23)(H,22,24,25);1H3/b17-14-;. The Morgan fingerprint density at radius 3 is 2.64 bits per heavy atom. The fourth-order valence-electron chi connectivity index (χ4n) is 2.59. The molecular formula is C21H22ClN5O. The number of carbonyl (C=O) groups excluding carboxylic acids is 1. The highest BCUT2D eigenvalue weighted by molar-refractivity contribution is 6.35. The second-order valence-corrected chi connectivity index (χ2v) is 6.79. The van der Waals surface area contributed by atoms with Gasteiger partial charge in [-0.1, -0.05) is 30.8 Å². The van der Waals surface area contributed by atoms with E-state index >= 15 is 0 Å². The third-order valence-electron chi connectivity index (χ3n) is 4.05. The van der Waals surface area contributed by atoms with Gasteiger partial charge in [0.1, 0.15) is 11.6 Å². The SMILES string of the molecule is C=C/C(Cl)=C(\C(=C)C)c1cc2cc(NC(=O)C3CC3)ncc2c(N)n1.CC#N. The van der Waals surface area contributed by atoms with E-state index in [-0.39, 0.29) is 11.8 Å². The number of hydrogen-bond donors (Lipinski definition) is 2. The van der Waals surface area contributed by atoms with E-state index in [0.717, 1.165) is 23.8 Å². The molecule has 0 aromatic carbocycles. The van der Waals surface area contributed by atoms with E-state index in [1.54, 1.807) is 24.4 Å². The number of fused-ring (bicyclic) bond motifs is 1. The van der Waals surface area contributed by atoms with Gasteiger partial charge in [-0.2, -0.15) is 5.26 Å². The average molecular weight is 396 g/mol. The number of carbonyl (C=O) groups is 1. The number of hydrogen-bond acceptors (Lipinski definition) is 5. The minimum atomic E-state index is 0.00586. The summed E-state index contributed by atoms with van der Waals surface area (Å²) in [6.45, 7) is 10.9. The van der Waals surface area contributed by atoms with Crippen LogP contribution in [0.25, 0.3) is 16.3 Å². The lowest BCUT2D eigenvalue weighted by Crippen LogP contribution is -2.14. The number of aromatic nitrogens is 2. The summed E-state index contributed by atoms with van der Waals surface area (Å²) in [5.74, 6) is 0.954. The van der Waals surface area contributed by atoms with Crippen LogP contribution in [-0.2, 0) is 4.79 Å². The molecule has 1 saturated carbocycles. The number of amides is 1. The molecule has 2 aromatic heterocycles. The van der Waals surface area contributed by atoms with Gasteiger partial charge in [-0.25, -0.2) is 9.97 Å². The van der Waals surface area contributed by atoms with Crippen LogP contribution in [0.4, 0.5) is 11.6 Å². The number of allylic oxidation sites excluding steroid dienone is 4. The highest BCUT2D eigenvalue weighted by Gasteiger charge is 2.29. The predicted octanol–water partition coefficient (Wildman–Crippen LogP) is 4.80. The van der Waals surface area contributed by atoms with Gasteiger partial charge < -0.3 is 11.1 Å². The molecule has 0 bridgehead atoms. The zero-order chi connectivity index (χ0) is 20.8. The largest absolute Gasteiger partial charge is 0.383 e. The number of nitrogens with one attached hydrogen (secondary N) is 1. The highest BCUT2D eigenvalue weighted by atomic mass is 35.5. The number of halogens is 1. The zero-order valence-electron chi connectivity index (χ0n) is 15.9. The van der Waals surface area contributed by atoms with Gasteiger partial charge in [0, 0.05) is 35.0 Å². The second-order valence-electron chi connectivity index (χ2n) is 6.38. The van der Waals surface area contributed by atoms with Gasteiger partial charge in [-0.05, 0) is 42.9 Å². The number of rotatable bonds is 5. The van der Waals surface area contributed by atoms with Gasteiger partial charge in [-0.15, -0.1) is 0 Å². The number of nitrogens with two attached hydrogens (primary N) is 1. The van der Waals surface area contributed by atoms with E-state index in [1.165, 1.54) is 6.92 Å². The molecule has 0 atom stereocenters. The van der Waals surface area contributed by atoms with E-state index in [0.29, 0.717) is 33.3 Å². The maximum Gasteiger partial charge on any atom is 0.228 e. The molecule has 0 spiro atoms. The van der Waals surface area contributed by atoms with Crippen LogP contribution in [-0.4, -0.2) is 15.9 Å². The van der Waals surface area contributed by atoms with Gasteiger partial charge in [-0.3, -0.25) is 4.79 Å². The van der Waals surface area contributed by atoms with Crippen LogP contribution in [0.3, 0.4) is 0 Å². The lowest BCUT2D eigenvalue weighted by atomic mass is 10.0. The summed E-state index contributed by atoms with van der Waals surface area (Å²) in [6, 6.07) is 5.39. The number of nitrogens with zero attached hydrogens (tertiary/aromatic N) is 3. The summed E-state index contributed by atoms with van der Waals surface area (Å²) in [4.78, 5) is 20.6. The summed E-state index contributed by atoms with van der Waals surface area (Å²) >= 11 is 6.26. The van der Waals surface area contributed by atoms with Crippen LogP contribution in [0.2, 0.25) is 0 Å². The smallest absolute Gasteiger partial charge is 0.228 e. The van der Waals surface area contributed by atoms with E-state index < -0.39 is 0 Å². The van der Waals surface area contributed by atoms with Gasteiger partial charge in [0.2, 0.25) is 5.91 Å². The van der Waals surface area contributed by atoms with Crippen molar-refractivity contribution >= 4 is 45.5 Å². The Balaban J connectivity index is 0.000000878. The van der Waals surface area contributed by atoms with Gasteiger partial charge in [0.15, 0.2) is 0 Å². The molecule has 2 heterocycles. The van der Waals surface area contributed by atoms with Crippen molar-refractivity contribution in [2.45, 2.75) is 26.7 Å². The summed E-state index contributed by atoms with van der Waals surface area (Å²) in [5.41, 5.74) is 8.13. The van der Waals surface area contributed by atoms with Gasteiger partial charge in [0.25, 0.3) is 0 Å². The molecule has 7 heteroatoms. The van der Waals surface area contributed by atoms with E-state index in [1.807, 2.05) is 13.0 Å². The van der Waals surface area contributed by atoms with Crippen LogP contribution < -0.4 is 11.1 Å². The Labute approximate surface area is 169 Å². The molecule has 144 valence electrons. The fraction of sp³-hybridized carbons (Fsp3) is 0.238. The molecule has 1 aliphatic rings. The summed E-state index contributed by atoms with van der Waals surface area (Å²) in [7, 11) is 0. The van der Waals surface area contributed by atoms with Crippen LogP contribution in [0.5, 0.6) is 0 Å². The third kappa shape index (κ3) is 4.96. The monoisotopic (exact) mass is 395 g/mol. The Hall–Kier alpha value is -3.17. The van der Waals surface area contributed by atoms with Gasteiger partial charge >= 0.3 is 0 Å². The number of anilines is 2. The lowest BCUT2D eigenvalue weighted by Gasteiger charge is -2.12. The molecule has 1 aliphatic carbocycles. The summed E-state index contributed by atoms with van der Waals surface area (Å²) in [5, 5.41) is 12.1. The Morgan fingerprint density at radius 1 is 1.46 bits per heavy atom. The molecular weight excluding hydrogens is 374 g/mol. The predicted molar refractivity (Wildman–Crippen MR) is 114 cm³/mol. The zero-order valence-corrected chi connectivity index (χ0v) is 16.7. The summed E-state index contributed by atoms with van der Waals surface area (Å²) < 4.78 is 0. The van der Waals surface area contributed by atoms with Crippen molar-refractivity contribution in [1.29, 1.82) is 5.26 Å². The van der Waals surface area contributed by atoms with Crippen molar-refractivity contribution in [3.8, 4) is 6.07 Å². The molecule has 1 fully saturated rings. The van der Waals surface area contributed by atoms with Crippen molar-refractivity contribution in [3.05, 3.63) is 53.9 Å². The number of nitriles is 1. The Morgan fingerprint density at radius 2 is 2.11 bits per heavy atom. The van der Waals surface area contributed by atoms with Crippen LogP contribution in [0.1, 0.15) is 32.4 Å². The minimum Gasteiger partial charge on any atom is -0.383 e. The van der Waals surface area contributed by atoms with Gasteiger partial charge in [0.05, 0.1) is 11.8 Å².